The lowest BCUT2D eigenvalue weighted by atomic mass is 10.1. The molecular weight excluding hydrogens is 735 g/mol. The van der Waals surface area contributed by atoms with Gasteiger partial charge in [-0.3, -0.25) is 0 Å². The summed E-state index contributed by atoms with van der Waals surface area (Å²) < 4.78 is 6.97. The fraction of sp³-hybridized carbons (Fsp3) is 0.0769. The second-order valence-electron chi connectivity index (χ2n) is 12.1. The van der Waals surface area contributed by atoms with E-state index in [2.05, 4.69) is 52.9 Å². The molecule has 0 saturated heterocycles. The number of benzene rings is 4. The van der Waals surface area contributed by atoms with Crippen LogP contribution in [0.5, 0.6) is 0 Å². The Morgan fingerprint density at radius 3 is 1.75 bits per heavy atom. The molecule has 0 atom stereocenters. The summed E-state index contributed by atoms with van der Waals surface area (Å²) in [5.41, 5.74) is 7.39. The Balaban J connectivity index is 0.000000170. The standard InChI is InChI=1S/C20H15Cl2N7.C19H15N7/c1-12-10-28(11-24-12)18-6-4-16(7-14(18)9-23)26-20-25-13(2)29(27-20)19-5-3-15(21)8-17(19)22;1-14-11-25(12-21-14)18-8-7-16(9-15(18)10-20)23-19-22-13-26(24-19)17-5-3-2-4-6-17/h3-8,10-11H,1-2H3,(H,26,27);2-9,11-13H,1H3,(H,23,24). The molecule has 0 unspecified atom stereocenters. The number of hydrogen-bond donors (Lipinski definition) is 2. The fourth-order valence-corrected chi connectivity index (χ4v) is 6.06. The van der Waals surface area contributed by atoms with E-state index in [1.807, 2.05) is 96.9 Å². The normalized spacial score (nSPS) is 10.6. The summed E-state index contributed by atoms with van der Waals surface area (Å²) in [7, 11) is 0. The minimum absolute atomic E-state index is 0.392. The maximum atomic E-state index is 9.55. The van der Waals surface area contributed by atoms with Crippen molar-refractivity contribution in [1.82, 2.24) is 48.6 Å². The van der Waals surface area contributed by atoms with Crippen LogP contribution < -0.4 is 10.6 Å². The molecule has 8 aromatic rings. The minimum Gasteiger partial charge on any atom is -0.323 e. The van der Waals surface area contributed by atoms with Gasteiger partial charge in [0.25, 0.3) is 0 Å². The van der Waals surface area contributed by atoms with Crippen molar-refractivity contribution in [2.75, 3.05) is 10.6 Å². The van der Waals surface area contributed by atoms with Gasteiger partial charge in [0.05, 0.1) is 62.9 Å². The monoisotopic (exact) mass is 764 g/mol. The lowest BCUT2D eigenvalue weighted by Crippen LogP contribution is -2.01. The second-order valence-corrected chi connectivity index (χ2v) is 13.0. The summed E-state index contributed by atoms with van der Waals surface area (Å²) >= 11 is 12.3. The summed E-state index contributed by atoms with van der Waals surface area (Å²) in [5.74, 6) is 1.51. The third-order valence-corrected chi connectivity index (χ3v) is 8.68. The summed E-state index contributed by atoms with van der Waals surface area (Å²) in [4.78, 5) is 17.1. The molecule has 0 aliphatic heterocycles. The van der Waals surface area contributed by atoms with Crippen LogP contribution in [0.25, 0.3) is 22.7 Å². The molecule has 0 aliphatic carbocycles. The Kier molecular flexibility index (Phi) is 10.4. The number of nitrogens with zero attached hydrogens (tertiary/aromatic N) is 12. The van der Waals surface area contributed by atoms with Gasteiger partial charge >= 0.3 is 0 Å². The van der Waals surface area contributed by atoms with Gasteiger partial charge < -0.3 is 19.8 Å². The van der Waals surface area contributed by atoms with Crippen LogP contribution in [-0.4, -0.2) is 48.6 Å². The molecule has 0 bridgehead atoms. The van der Waals surface area contributed by atoms with Crippen LogP contribution in [0.1, 0.15) is 28.3 Å². The maximum absolute atomic E-state index is 9.55. The van der Waals surface area contributed by atoms with Crippen LogP contribution >= 0.6 is 23.2 Å². The van der Waals surface area contributed by atoms with E-state index in [0.29, 0.717) is 50.3 Å². The Morgan fingerprint density at radius 1 is 0.618 bits per heavy atom. The highest BCUT2D eigenvalue weighted by Gasteiger charge is 2.14. The molecule has 0 aliphatic rings. The quantitative estimate of drug-likeness (QED) is 0.153. The van der Waals surface area contributed by atoms with Crippen LogP contribution in [0, 0.1) is 43.4 Å². The Labute approximate surface area is 325 Å². The number of nitrogens with one attached hydrogen (secondary N) is 2. The lowest BCUT2D eigenvalue weighted by Gasteiger charge is -2.08. The van der Waals surface area contributed by atoms with Crippen molar-refractivity contribution in [3.63, 3.8) is 0 Å². The fourth-order valence-electron chi connectivity index (χ4n) is 5.57. The molecule has 14 nitrogen and oxygen atoms in total. The van der Waals surface area contributed by atoms with Crippen molar-refractivity contribution < 1.29 is 0 Å². The maximum Gasteiger partial charge on any atom is 0.247 e. The van der Waals surface area contributed by atoms with Gasteiger partial charge in [0.15, 0.2) is 0 Å². The first kappa shape index (κ1) is 36.1. The highest BCUT2D eigenvalue weighted by molar-refractivity contribution is 6.35. The largest absolute Gasteiger partial charge is 0.323 e. The number of anilines is 4. The SMILES string of the molecule is Cc1cn(-c2ccc(Nc3nc(C)n(-c4ccc(Cl)cc4Cl)n3)cc2C#N)cn1.Cc1cn(-c2ccc(Nc3ncn(-c4ccccc4)n3)cc2C#N)cn1. The Bertz CT molecular complexity index is 2710. The van der Waals surface area contributed by atoms with Crippen LogP contribution in [0.4, 0.5) is 23.3 Å². The van der Waals surface area contributed by atoms with E-state index >= 15 is 0 Å². The van der Waals surface area contributed by atoms with Crippen LogP contribution in [-0.2, 0) is 0 Å². The number of halogens is 2. The number of aromatic nitrogens is 10. The van der Waals surface area contributed by atoms with Crippen molar-refractivity contribution in [1.29, 1.82) is 10.5 Å². The smallest absolute Gasteiger partial charge is 0.247 e. The summed E-state index contributed by atoms with van der Waals surface area (Å²) in [5, 5.41) is 35.2. The molecule has 8 rings (SSSR count). The highest BCUT2D eigenvalue weighted by atomic mass is 35.5. The zero-order valence-corrected chi connectivity index (χ0v) is 31.1. The van der Waals surface area contributed by atoms with Gasteiger partial charge in [-0.15, -0.1) is 10.2 Å². The van der Waals surface area contributed by atoms with Crippen molar-refractivity contribution in [2.24, 2.45) is 0 Å². The first-order valence-corrected chi connectivity index (χ1v) is 17.4. The summed E-state index contributed by atoms with van der Waals surface area (Å²) in [6.45, 7) is 5.64. The zero-order chi connectivity index (χ0) is 38.5. The van der Waals surface area contributed by atoms with Gasteiger partial charge in [-0.2, -0.15) is 20.5 Å². The van der Waals surface area contributed by atoms with E-state index in [1.54, 1.807) is 58.7 Å². The molecule has 16 heteroatoms. The minimum atomic E-state index is 0.392. The van der Waals surface area contributed by atoms with Crippen molar-refractivity contribution in [2.45, 2.75) is 20.8 Å². The van der Waals surface area contributed by atoms with Gasteiger partial charge in [0, 0.05) is 28.8 Å². The molecule has 270 valence electrons. The van der Waals surface area contributed by atoms with Crippen LogP contribution in [0.15, 0.2) is 116 Å². The van der Waals surface area contributed by atoms with Gasteiger partial charge in [-0.1, -0.05) is 41.4 Å². The van der Waals surface area contributed by atoms with Gasteiger partial charge in [0.2, 0.25) is 11.9 Å². The third kappa shape index (κ3) is 8.21. The van der Waals surface area contributed by atoms with E-state index in [4.69, 9.17) is 23.2 Å². The topological polar surface area (TPSA) is 169 Å². The Hall–Kier alpha value is -7.26. The van der Waals surface area contributed by atoms with E-state index in [1.165, 1.54) is 0 Å². The average molecular weight is 766 g/mol. The number of imidazole rings is 2. The van der Waals surface area contributed by atoms with Gasteiger partial charge in [0.1, 0.15) is 24.3 Å². The van der Waals surface area contributed by atoms with Gasteiger partial charge in [-0.05, 0) is 87.5 Å². The molecule has 0 radical (unpaired) electrons. The van der Waals surface area contributed by atoms with E-state index in [-0.39, 0.29) is 0 Å². The van der Waals surface area contributed by atoms with E-state index in [0.717, 1.165) is 34.1 Å². The average Bonchev–Trinajstić information content (AvgIpc) is 4.01. The highest BCUT2D eigenvalue weighted by Crippen LogP contribution is 2.27. The van der Waals surface area contributed by atoms with Crippen molar-refractivity contribution in [3.8, 4) is 34.9 Å². The number of aryl methyl sites for hydroxylation is 3. The zero-order valence-electron chi connectivity index (χ0n) is 29.6. The molecule has 0 saturated carbocycles. The summed E-state index contributed by atoms with van der Waals surface area (Å²) in [6, 6.07) is 30.4. The molecule has 4 aromatic carbocycles. The molecule has 0 fully saturated rings. The number of para-hydroxylation sites is 1. The molecular formula is C39H30Cl2N14. The molecule has 0 amide bonds. The first-order chi connectivity index (χ1) is 26.7. The molecule has 0 spiro atoms. The van der Waals surface area contributed by atoms with Crippen LogP contribution in [0.2, 0.25) is 10.0 Å². The van der Waals surface area contributed by atoms with E-state index in [9.17, 15) is 10.5 Å². The first-order valence-electron chi connectivity index (χ1n) is 16.7. The lowest BCUT2D eigenvalue weighted by molar-refractivity contribution is 0.842. The summed E-state index contributed by atoms with van der Waals surface area (Å²) in [6.07, 6.45) is 8.77. The van der Waals surface area contributed by atoms with Gasteiger partial charge in [-0.25, -0.2) is 19.3 Å². The molecule has 4 aromatic heterocycles. The van der Waals surface area contributed by atoms with Crippen molar-refractivity contribution >= 4 is 46.5 Å². The molecule has 4 heterocycles. The molecule has 55 heavy (non-hydrogen) atoms. The van der Waals surface area contributed by atoms with E-state index < -0.39 is 0 Å². The number of hydrogen-bond acceptors (Lipinski definition) is 10. The number of nitriles is 2. The predicted octanol–water partition coefficient (Wildman–Crippen LogP) is 8.37. The second kappa shape index (κ2) is 15.8. The van der Waals surface area contributed by atoms with Crippen molar-refractivity contribution in [3.05, 3.63) is 155 Å². The predicted molar refractivity (Wildman–Crippen MR) is 210 cm³/mol. The molecule has 2 N–H and O–H groups in total. The Morgan fingerprint density at radius 2 is 1.20 bits per heavy atom. The van der Waals surface area contributed by atoms with Crippen LogP contribution in [0.3, 0.4) is 0 Å². The number of rotatable bonds is 8. The third-order valence-electron chi connectivity index (χ3n) is 8.15.